The summed E-state index contributed by atoms with van der Waals surface area (Å²) < 4.78 is 3.50. The van der Waals surface area contributed by atoms with Crippen LogP contribution in [0.2, 0.25) is 0 Å². The molecule has 1 N–H and O–H groups in total. The predicted molar refractivity (Wildman–Crippen MR) is 102 cm³/mol. The van der Waals surface area contributed by atoms with Crippen LogP contribution in [0.5, 0.6) is 0 Å². The fourth-order valence-electron chi connectivity index (χ4n) is 4.12. The standard InChI is InChI=1S/C20H25N5O2/c26-18-10-9-17(13-1-2-13)23-25(18)16-5-3-14(4-6-16)22-19-20(27)24(12-11-21-19)15-7-8-15/h9-16H,1-8H2,(H,21,22). The second kappa shape index (κ2) is 6.62. The van der Waals surface area contributed by atoms with Crippen LogP contribution >= 0.6 is 0 Å². The first kappa shape index (κ1) is 16.7. The second-order valence-electron chi connectivity index (χ2n) is 8.18. The van der Waals surface area contributed by atoms with Crippen LogP contribution < -0.4 is 16.4 Å². The van der Waals surface area contributed by atoms with E-state index in [9.17, 15) is 9.59 Å². The molecule has 0 aromatic carbocycles. The molecule has 2 aromatic heterocycles. The molecule has 27 heavy (non-hydrogen) atoms. The molecule has 3 aliphatic rings. The second-order valence-corrected chi connectivity index (χ2v) is 8.18. The lowest BCUT2D eigenvalue weighted by Gasteiger charge is -2.29. The van der Waals surface area contributed by atoms with Crippen molar-refractivity contribution in [3.05, 3.63) is 50.9 Å². The number of nitrogens with one attached hydrogen (secondary N) is 1. The average Bonchev–Trinajstić information content (AvgIpc) is 3.57. The van der Waals surface area contributed by atoms with Gasteiger partial charge in [-0.3, -0.25) is 9.59 Å². The van der Waals surface area contributed by atoms with Gasteiger partial charge in [-0.1, -0.05) is 0 Å². The first-order chi connectivity index (χ1) is 13.2. The van der Waals surface area contributed by atoms with Crippen molar-refractivity contribution in [3.8, 4) is 0 Å². The number of hydrogen-bond donors (Lipinski definition) is 1. The van der Waals surface area contributed by atoms with Crippen molar-refractivity contribution in [3.63, 3.8) is 0 Å². The minimum atomic E-state index is -0.0165. The Labute approximate surface area is 157 Å². The summed E-state index contributed by atoms with van der Waals surface area (Å²) in [6.07, 6.45) is 11.6. The van der Waals surface area contributed by atoms with Crippen molar-refractivity contribution in [2.24, 2.45) is 0 Å². The maximum atomic E-state index is 12.5. The SMILES string of the molecule is O=c1c(NC2CCC(n3nc(C4CC4)ccc3=O)CC2)nccn1C1CC1. The Morgan fingerprint density at radius 1 is 0.926 bits per heavy atom. The fourth-order valence-corrected chi connectivity index (χ4v) is 4.12. The van der Waals surface area contributed by atoms with Crippen LogP contribution in [0.25, 0.3) is 0 Å². The molecule has 0 spiro atoms. The van der Waals surface area contributed by atoms with Crippen LogP contribution in [-0.4, -0.2) is 25.4 Å². The van der Waals surface area contributed by atoms with E-state index < -0.39 is 0 Å². The lowest BCUT2D eigenvalue weighted by Crippen LogP contribution is -2.35. The summed E-state index contributed by atoms with van der Waals surface area (Å²) in [4.78, 5) is 29.1. The number of hydrogen-bond acceptors (Lipinski definition) is 5. The normalized spacial score (nSPS) is 25.3. The molecule has 0 radical (unpaired) electrons. The van der Waals surface area contributed by atoms with Crippen molar-refractivity contribution in [2.45, 2.75) is 75.4 Å². The molecule has 2 aromatic rings. The quantitative estimate of drug-likeness (QED) is 0.878. The van der Waals surface area contributed by atoms with Crippen LogP contribution in [0.15, 0.2) is 34.1 Å². The molecule has 0 aliphatic heterocycles. The van der Waals surface area contributed by atoms with E-state index in [0.717, 1.165) is 44.2 Å². The Kier molecular flexibility index (Phi) is 4.10. The zero-order chi connectivity index (χ0) is 18.4. The van der Waals surface area contributed by atoms with E-state index in [4.69, 9.17) is 0 Å². The molecular weight excluding hydrogens is 342 g/mol. The molecule has 3 saturated carbocycles. The Bertz CT molecular complexity index is 949. The molecule has 0 bridgehead atoms. The third-order valence-electron chi connectivity index (χ3n) is 6.03. The van der Waals surface area contributed by atoms with Crippen LogP contribution in [0, 0.1) is 0 Å². The molecule has 0 amide bonds. The van der Waals surface area contributed by atoms with Gasteiger partial charge in [0.25, 0.3) is 11.1 Å². The third-order valence-corrected chi connectivity index (χ3v) is 6.03. The molecule has 7 heteroatoms. The summed E-state index contributed by atoms with van der Waals surface area (Å²) in [6, 6.07) is 4.28. The Hall–Kier alpha value is -2.44. The van der Waals surface area contributed by atoms with Gasteiger partial charge in [-0.05, 0) is 57.4 Å². The van der Waals surface area contributed by atoms with Gasteiger partial charge in [-0.15, -0.1) is 0 Å². The summed E-state index contributed by atoms with van der Waals surface area (Å²) >= 11 is 0. The average molecular weight is 367 g/mol. The molecule has 5 rings (SSSR count). The van der Waals surface area contributed by atoms with E-state index in [2.05, 4.69) is 15.4 Å². The molecule has 3 aliphatic carbocycles. The molecule has 7 nitrogen and oxygen atoms in total. The van der Waals surface area contributed by atoms with Gasteiger partial charge in [0.2, 0.25) is 0 Å². The Balaban J connectivity index is 1.26. The molecule has 3 fully saturated rings. The van der Waals surface area contributed by atoms with Gasteiger partial charge in [-0.25, -0.2) is 9.67 Å². The highest BCUT2D eigenvalue weighted by Crippen LogP contribution is 2.39. The summed E-state index contributed by atoms with van der Waals surface area (Å²) in [7, 11) is 0. The van der Waals surface area contributed by atoms with Crippen LogP contribution in [0.4, 0.5) is 5.82 Å². The lowest BCUT2D eigenvalue weighted by atomic mass is 9.91. The molecule has 2 heterocycles. The van der Waals surface area contributed by atoms with Crippen molar-refractivity contribution >= 4 is 5.82 Å². The minimum Gasteiger partial charge on any atom is -0.363 e. The highest BCUT2D eigenvalue weighted by atomic mass is 16.1. The summed E-state index contributed by atoms with van der Waals surface area (Å²) in [5.74, 6) is 1.01. The van der Waals surface area contributed by atoms with Gasteiger partial charge in [0.05, 0.1) is 11.7 Å². The maximum absolute atomic E-state index is 12.5. The lowest BCUT2D eigenvalue weighted by molar-refractivity contribution is 0.301. The van der Waals surface area contributed by atoms with Gasteiger partial charge in [0.1, 0.15) is 0 Å². The first-order valence-electron chi connectivity index (χ1n) is 10.1. The summed E-state index contributed by atoms with van der Waals surface area (Å²) in [5.41, 5.74) is 1.04. The van der Waals surface area contributed by atoms with Crippen LogP contribution in [0.1, 0.15) is 75.1 Å². The smallest absolute Gasteiger partial charge is 0.293 e. The number of aromatic nitrogens is 4. The van der Waals surface area contributed by atoms with E-state index in [0.29, 0.717) is 17.8 Å². The van der Waals surface area contributed by atoms with Gasteiger partial charge in [-0.2, -0.15) is 5.10 Å². The zero-order valence-electron chi connectivity index (χ0n) is 15.4. The molecule has 0 saturated heterocycles. The van der Waals surface area contributed by atoms with Crippen molar-refractivity contribution in [2.75, 3.05) is 5.32 Å². The zero-order valence-corrected chi connectivity index (χ0v) is 15.4. The largest absolute Gasteiger partial charge is 0.363 e. The van der Waals surface area contributed by atoms with Gasteiger partial charge >= 0.3 is 0 Å². The molecular formula is C20H25N5O2. The number of anilines is 1. The molecule has 0 atom stereocenters. The number of rotatable bonds is 5. The highest BCUT2D eigenvalue weighted by molar-refractivity contribution is 5.33. The van der Waals surface area contributed by atoms with E-state index in [1.807, 2.05) is 6.07 Å². The monoisotopic (exact) mass is 367 g/mol. The predicted octanol–water partition coefficient (Wildman–Crippen LogP) is 2.61. The minimum absolute atomic E-state index is 0.00662. The summed E-state index contributed by atoms with van der Waals surface area (Å²) in [5, 5.41) is 7.98. The molecule has 0 unspecified atom stereocenters. The van der Waals surface area contributed by atoms with Crippen LogP contribution in [0.3, 0.4) is 0 Å². The summed E-state index contributed by atoms with van der Waals surface area (Å²) in [6.45, 7) is 0. The van der Waals surface area contributed by atoms with E-state index in [1.54, 1.807) is 27.7 Å². The van der Waals surface area contributed by atoms with Crippen molar-refractivity contribution in [1.82, 2.24) is 19.3 Å². The fraction of sp³-hybridized carbons (Fsp3) is 0.600. The van der Waals surface area contributed by atoms with Gasteiger partial charge < -0.3 is 9.88 Å². The highest BCUT2D eigenvalue weighted by Gasteiger charge is 2.29. The third kappa shape index (κ3) is 3.42. The van der Waals surface area contributed by atoms with E-state index in [1.165, 1.54) is 12.8 Å². The Morgan fingerprint density at radius 3 is 2.37 bits per heavy atom. The number of nitrogens with zero attached hydrogens (tertiary/aromatic N) is 4. The van der Waals surface area contributed by atoms with E-state index in [-0.39, 0.29) is 23.2 Å². The topological polar surface area (TPSA) is 81.8 Å². The Morgan fingerprint density at radius 2 is 1.67 bits per heavy atom. The van der Waals surface area contributed by atoms with E-state index >= 15 is 0 Å². The van der Waals surface area contributed by atoms with Crippen molar-refractivity contribution < 1.29 is 0 Å². The van der Waals surface area contributed by atoms with Crippen molar-refractivity contribution in [1.29, 1.82) is 0 Å². The van der Waals surface area contributed by atoms with Gasteiger partial charge in [0.15, 0.2) is 5.82 Å². The maximum Gasteiger partial charge on any atom is 0.293 e. The molecule has 142 valence electrons. The van der Waals surface area contributed by atoms with Crippen LogP contribution in [-0.2, 0) is 0 Å². The first-order valence-corrected chi connectivity index (χ1v) is 10.1. The van der Waals surface area contributed by atoms with Gasteiger partial charge in [0, 0.05) is 36.5 Å².